The zero-order valence-electron chi connectivity index (χ0n) is 10.5. The number of nitrogens with two attached hydrogens (primary N) is 1. The van der Waals surface area contributed by atoms with Crippen molar-refractivity contribution in [3.8, 4) is 5.69 Å². The number of rotatable bonds is 4. The summed E-state index contributed by atoms with van der Waals surface area (Å²) in [7, 11) is 0. The molecule has 1 heterocycles. The van der Waals surface area contributed by atoms with Crippen LogP contribution in [0.1, 0.15) is 23.7 Å². The van der Waals surface area contributed by atoms with E-state index in [0.29, 0.717) is 11.3 Å². The Labute approximate surface area is 109 Å². The molecule has 100 valence electrons. The lowest BCUT2D eigenvalue weighted by Crippen LogP contribution is -2.18. The molecule has 0 saturated carbocycles. The van der Waals surface area contributed by atoms with E-state index >= 15 is 0 Å². The van der Waals surface area contributed by atoms with Crippen LogP contribution in [0.25, 0.3) is 5.69 Å². The molecule has 0 fully saturated rings. The molecular weight excluding hydrogens is 246 g/mol. The minimum Gasteiger partial charge on any atom is -0.481 e. The maximum atomic E-state index is 11.7. The maximum absolute atomic E-state index is 11.7. The number of nitrogens with one attached hydrogen (secondary N) is 1. The second-order valence-electron chi connectivity index (χ2n) is 4.37. The molecule has 1 atom stereocenters. The molecule has 6 heteroatoms. The molecule has 2 aromatic rings. The fourth-order valence-corrected chi connectivity index (χ4v) is 1.98. The summed E-state index contributed by atoms with van der Waals surface area (Å²) in [6, 6.07) is 6.43. The third-order valence-corrected chi connectivity index (χ3v) is 2.91. The number of imidazole rings is 1. The van der Waals surface area contributed by atoms with E-state index in [9.17, 15) is 9.59 Å². The Kier molecular flexibility index (Phi) is 3.52. The fraction of sp³-hybridized carbons (Fsp3) is 0.231. The average molecular weight is 261 g/mol. The lowest BCUT2D eigenvalue weighted by molar-refractivity contribution is -0.137. The van der Waals surface area contributed by atoms with E-state index in [1.807, 2.05) is 6.92 Å². The van der Waals surface area contributed by atoms with Crippen molar-refractivity contribution >= 4 is 5.97 Å². The Morgan fingerprint density at radius 1 is 1.53 bits per heavy atom. The van der Waals surface area contributed by atoms with Crippen LogP contribution < -0.4 is 11.4 Å². The summed E-state index contributed by atoms with van der Waals surface area (Å²) in [6.45, 7) is 1.81. The largest absolute Gasteiger partial charge is 0.481 e. The van der Waals surface area contributed by atoms with Crippen molar-refractivity contribution in [1.29, 1.82) is 0 Å². The standard InChI is InChI=1S/C13H15N3O3/c1-8-7-15-13(19)16(8)10-4-2-3-9(5-10)11(14)6-12(17)18/h2-5,7,11H,6,14H2,1H3,(H,15,19)(H,17,18). The molecule has 1 aromatic carbocycles. The Morgan fingerprint density at radius 3 is 2.84 bits per heavy atom. The van der Waals surface area contributed by atoms with Gasteiger partial charge in [-0.1, -0.05) is 12.1 Å². The van der Waals surface area contributed by atoms with Crippen molar-refractivity contribution in [3.05, 3.63) is 52.2 Å². The lowest BCUT2D eigenvalue weighted by atomic mass is 10.0. The van der Waals surface area contributed by atoms with E-state index in [4.69, 9.17) is 10.8 Å². The molecule has 1 unspecified atom stereocenters. The summed E-state index contributed by atoms with van der Waals surface area (Å²) in [5, 5.41) is 8.75. The van der Waals surface area contributed by atoms with Gasteiger partial charge in [0.15, 0.2) is 0 Å². The van der Waals surface area contributed by atoms with Gasteiger partial charge in [0, 0.05) is 17.9 Å². The quantitative estimate of drug-likeness (QED) is 0.762. The van der Waals surface area contributed by atoms with Gasteiger partial charge in [-0.05, 0) is 24.6 Å². The second kappa shape index (κ2) is 5.11. The number of aliphatic carboxylic acids is 1. The Morgan fingerprint density at radius 2 is 2.26 bits per heavy atom. The summed E-state index contributed by atoms with van der Waals surface area (Å²) < 4.78 is 1.51. The zero-order valence-corrected chi connectivity index (χ0v) is 10.5. The molecule has 19 heavy (non-hydrogen) atoms. The summed E-state index contributed by atoms with van der Waals surface area (Å²) in [4.78, 5) is 24.9. The maximum Gasteiger partial charge on any atom is 0.330 e. The van der Waals surface area contributed by atoms with E-state index in [-0.39, 0.29) is 12.1 Å². The number of hydrogen-bond donors (Lipinski definition) is 3. The van der Waals surface area contributed by atoms with Crippen molar-refractivity contribution in [2.24, 2.45) is 5.73 Å². The summed E-state index contributed by atoms with van der Waals surface area (Å²) in [5.41, 5.74) is 7.71. The monoisotopic (exact) mass is 261 g/mol. The van der Waals surface area contributed by atoms with Gasteiger partial charge in [0.05, 0.1) is 12.1 Å². The SMILES string of the molecule is Cc1c[nH]c(=O)n1-c1cccc(C(N)CC(=O)O)c1. The number of aryl methyl sites for hydroxylation is 1. The Hall–Kier alpha value is -2.34. The highest BCUT2D eigenvalue weighted by Gasteiger charge is 2.12. The van der Waals surface area contributed by atoms with Gasteiger partial charge in [0.1, 0.15) is 0 Å². The number of H-pyrrole nitrogens is 1. The first-order valence-electron chi connectivity index (χ1n) is 5.84. The van der Waals surface area contributed by atoms with Crippen LogP contribution >= 0.6 is 0 Å². The predicted molar refractivity (Wildman–Crippen MR) is 70.3 cm³/mol. The van der Waals surface area contributed by atoms with Gasteiger partial charge in [0.2, 0.25) is 0 Å². The summed E-state index contributed by atoms with van der Waals surface area (Å²) in [5.74, 6) is -0.951. The van der Waals surface area contributed by atoms with Crippen LogP contribution in [0.3, 0.4) is 0 Å². The predicted octanol–water partition coefficient (Wildman–Crippen LogP) is 0.949. The van der Waals surface area contributed by atoms with Crippen molar-refractivity contribution < 1.29 is 9.90 Å². The fourth-order valence-electron chi connectivity index (χ4n) is 1.98. The number of carboxylic acids is 1. The molecule has 6 nitrogen and oxygen atoms in total. The van der Waals surface area contributed by atoms with Crippen LogP contribution in [0.15, 0.2) is 35.3 Å². The van der Waals surface area contributed by atoms with Crippen LogP contribution in [0, 0.1) is 6.92 Å². The first-order chi connectivity index (χ1) is 8.99. The van der Waals surface area contributed by atoms with Gasteiger partial charge in [-0.15, -0.1) is 0 Å². The van der Waals surface area contributed by atoms with E-state index in [1.165, 1.54) is 4.57 Å². The molecule has 0 spiro atoms. The van der Waals surface area contributed by atoms with Crippen LogP contribution in [-0.4, -0.2) is 20.6 Å². The number of carbonyl (C=O) groups is 1. The lowest BCUT2D eigenvalue weighted by Gasteiger charge is -2.11. The normalized spacial score (nSPS) is 12.3. The zero-order chi connectivity index (χ0) is 14.0. The van der Waals surface area contributed by atoms with Crippen LogP contribution in [0.4, 0.5) is 0 Å². The third kappa shape index (κ3) is 2.74. The average Bonchev–Trinajstić information content (AvgIpc) is 2.68. The minimum absolute atomic E-state index is 0.148. The first-order valence-corrected chi connectivity index (χ1v) is 5.84. The molecule has 0 aliphatic heterocycles. The van der Waals surface area contributed by atoms with Gasteiger partial charge in [-0.2, -0.15) is 0 Å². The first kappa shape index (κ1) is 13.1. The molecule has 0 aliphatic rings. The Bertz CT molecular complexity index is 657. The number of benzene rings is 1. The molecular formula is C13H15N3O3. The number of hydrogen-bond acceptors (Lipinski definition) is 3. The van der Waals surface area contributed by atoms with Crippen molar-refractivity contribution in [2.75, 3.05) is 0 Å². The molecule has 1 aromatic heterocycles. The van der Waals surface area contributed by atoms with Crippen LogP contribution in [0.5, 0.6) is 0 Å². The van der Waals surface area contributed by atoms with E-state index in [2.05, 4.69) is 4.98 Å². The number of aromatic nitrogens is 2. The van der Waals surface area contributed by atoms with Crippen LogP contribution in [-0.2, 0) is 4.79 Å². The molecule has 0 bridgehead atoms. The summed E-state index contributed by atoms with van der Waals surface area (Å²) >= 11 is 0. The number of nitrogens with zero attached hydrogens (tertiary/aromatic N) is 1. The molecule has 0 saturated heterocycles. The molecule has 0 amide bonds. The van der Waals surface area contributed by atoms with Crippen molar-refractivity contribution in [2.45, 2.75) is 19.4 Å². The molecule has 0 aliphatic carbocycles. The van der Waals surface area contributed by atoms with E-state index in [1.54, 1.807) is 30.5 Å². The topological polar surface area (TPSA) is 101 Å². The number of aromatic amines is 1. The van der Waals surface area contributed by atoms with Crippen LogP contribution in [0.2, 0.25) is 0 Å². The van der Waals surface area contributed by atoms with Crippen molar-refractivity contribution in [3.63, 3.8) is 0 Å². The van der Waals surface area contributed by atoms with E-state index < -0.39 is 12.0 Å². The highest BCUT2D eigenvalue weighted by molar-refractivity contribution is 5.68. The molecule has 4 N–H and O–H groups in total. The molecule has 2 rings (SSSR count). The molecule has 0 radical (unpaired) electrons. The highest BCUT2D eigenvalue weighted by atomic mass is 16.4. The Balaban J connectivity index is 2.40. The van der Waals surface area contributed by atoms with Gasteiger partial charge >= 0.3 is 11.7 Å². The highest BCUT2D eigenvalue weighted by Crippen LogP contribution is 2.18. The smallest absolute Gasteiger partial charge is 0.330 e. The minimum atomic E-state index is -0.951. The van der Waals surface area contributed by atoms with Gasteiger partial charge in [0.25, 0.3) is 0 Å². The van der Waals surface area contributed by atoms with Crippen molar-refractivity contribution in [1.82, 2.24) is 9.55 Å². The van der Waals surface area contributed by atoms with Gasteiger partial charge in [-0.3, -0.25) is 9.36 Å². The van der Waals surface area contributed by atoms with E-state index in [0.717, 1.165) is 5.69 Å². The third-order valence-electron chi connectivity index (χ3n) is 2.91. The van der Waals surface area contributed by atoms with Gasteiger partial charge < -0.3 is 15.8 Å². The van der Waals surface area contributed by atoms with Gasteiger partial charge in [-0.25, -0.2) is 4.79 Å². The second-order valence-corrected chi connectivity index (χ2v) is 4.37. The number of carboxylic acid groups (broad SMARTS) is 1. The summed E-state index contributed by atoms with van der Waals surface area (Å²) in [6.07, 6.45) is 1.47.